The number of thioether (sulfide) groups is 8. The highest BCUT2D eigenvalue weighted by Crippen LogP contribution is 2.28. The summed E-state index contributed by atoms with van der Waals surface area (Å²) in [5, 5.41) is 56.1. The van der Waals surface area contributed by atoms with Crippen LogP contribution in [0.25, 0.3) is 0 Å². The molecule has 3 atom stereocenters. The number of amides is 5. The van der Waals surface area contributed by atoms with E-state index in [4.69, 9.17) is 54.3 Å². The number of carboxylic acid groups (broad SMARTS) is 5. The number of allylic oxidation sites excluding steroid dienone is 3. The molecule has 0 aliphatic carbocycles. The Morgan fingerprint density at radius 3 is 1.00 bits per heavy atom. The van der Waals surface area contributed by atoms with Crippen LogP contribution < -0.4 is 26.6 Å². The van der Waals surface area contributed by atoms with Crippen LogP contribution in [0.5, 0.6) is 0 Å². The third kappa shape index (κ3) is 114. The molecule has 134 heavy (non-hydrogen) atoms. The average Bonchev–Trinajstić information content (AvgIpc) is 1.77. The van der Waals surface area contributed by atoms with Crippen molar-refractivity contribution in [2.75, 3.05) is 72.2 Å². The fourth-order valence-corrected chi connectivity index (χ4v) is 14.4. The van der Waals surface area contributed by atoms with Gasteiger partial charge in [0.1, 0.15) is 0 Å². The van der Waals surface area contributed by atoms with Gasteiger partial charge in [0.05, 0.1) is 38.1 Å². The number of Topliss-reactive ketones (excluding diaryl/α,β-unsaturated/α-hetero) is 1. The molecule has 0 aromatic rings. The lowest BCUT2D eigenvalue weighted by Crippen LogP contribution is -2.37. The van der Waals surface area contributed by atoms with Gasteiger partial charge in [-0.1, -0.05) is 211 Å². The molecule has 2 aliphatic rings. The minimum atomic E-state index is -1.20. The summed E-state index contributed by atoms with van der Waals surface area (Å²) in [6.45, 7) is 41.4. The number of aliphatic carboxylic acids is 5. The van der Waals surface area contributed by atoms with E-state index < -0.39 is 47.7 Å². The van der Waals surface area contributed by atoms with Crippen molar-refractivity contribution in [3.8, 4) is 0 Å². The number of nitrogens with one attached hydrogen (secondary N) is 5. The molecule has 752 valence electrons. The first-order valence-corrected chi connectivity index (χ1v) is 49.2. The molecule has 10 N–H and O–H groups in total. The van der Waals surface area contributed by atoms with E-state index in [9.17, 15) is 101 Å². The minimum absolute atomic E-state index is 0.0146. The van der Waals surface area contributed by atoms with Gasteiger partial charge < -0.3 is 52.1 Å². The van der Waals surface area contributed by atoms with E-state index >= 15 is 0 Å². The molecule has 2 fully saturated rings. The first-order chi connectivity index (χ1) is 62.8. The summed E-state index contributed by atoms with van der Waals surface area (Å²) in [5.74, 6) is -1.14. The normalized spacial score (nSPS) is 11.9. The average molecular weight is 2040 g/mol. The van der Waals surface area contributed by atoms with Crippen LogP contribution >= 0.6 is 94.1 Å². The van der Waals surface area contributed by atoms with E-state index in [2.05, 4.69) is 79.2 Å². The number of carbonyl (C=O) groups excluding carboxylic acids is 22. The molecule has 2 aliphatic heterocycles. The van der Waals surface area contributed by atoms with Crippen molar-refractivity contribution in [1.29, 1.82) is 0 Å². The van der Waals surface area contributed by atoms with Gasteiger partial charge >= 0.3 is 48.3 Å². The Bertz CT molecular complexity index is 3910. The van der Waals surface area contributed by atoms with Gasteiger partial charge in [-0.3, -0.25) is 76.7 Å². The highest BCUT2D eigenvalue weighted by atomic mass is 32.2. The Hall–Kier alpha value is -10.1. The number of hydrogen-bond donors (Lipinski definition) is 10. The molecule has 0 radical (unpaired) electrons. The maximum Gasteiger partial charge on any atom is 0.373 e. The second-order valence-corrected chi connectivity index (χ2v) is 37.5. The largest absolute Gasteiger partial charge is 0.478 e. The predicted octanol–water partition coefficient (Wildman–Crippen LogP) is 11.6. The minimum Gasteiger partial charge on any atom is -0.478 e. The van der Waals surface area contributed by atoms with Crippen LogP contribution in [0.15, 0.2) is 98.2 Å². The monoisotopic (exact) mass is 2040 g/mol. The highest BCUT2D eigenvalue weighted by Gasteiger charge is 2.28. The van der Waals surface area contributed by atoms with Crippen molar-refractivity contribution in [1.82, 2.24) is 26.6 Å². The number of hydrogen-bond acceptors (Lipinski definition) is 35. The zero-order chi connectivity index (χ0) is 105. The standard InChI is InChI=1S/C15H25NO4S.C14H24O2S.C12H19NO4S.C10H15NO4S.C9H11NO4S.C9H13NO4S.C9H14O2S.C8H10O2S.3CO2/c1-12(15(19)20)11-14(18)16-9-7-5-3-4-6-8-10-21-13(2)17;1-3-14(16)11-9-7-5-4-6-8-10-12-17-13(2)15;1-8(7-18-10(3)14)4-5-13-11(15)6-9(2)12(16)17;1-7(10(14)15)6-9(13)11-4-3-5-16-8(2)12;1-5(8(12)13)4-7(11)10-6-2-3-15-9(6)14;1-6(9(13)14)5-8(12)10-3-4-15-7(2)11;1-7(2)9(11)5-4-6-12-8(3)10;1-2-7(9)5-6-3-4-11-8(6)10;3*2-1-3/h1,3-11H2,2H3,(H,16,18)(H,19,20);3H,1,4-12H2,2H3;8H,2,4-7H2,1,3H3,(H,13,15)(H,16,17);1,3-6H2,2H3,(H,11,13)(H,14,15);6H,1-4H2,(H,10,11)(H,12,13);1,3-5H2,2H3,(H,10,12)(H,13,14);1,4-6H2,2-3H3;2,6H,1,3-5H2;;;. The number of carbonyl (C=O) groups is 21. The maximum absolute atomic E-state index is 11.4. The first kappa shape index (κ1) is 142. The Balaban J connectivity index is -0.000000189. The van der Waals surface area contributed by atoms with Gasteiger partial charge in [0.15, 0.2) is 53.2 Å². The van der Waals surface area contributed by atoms with Crippen LogP contribution in [-0.2, 0) is 129 Å². The van der Waals surface area contributed by atoms with Crippen molar-refractivity contribution in [2.24, 2.45) is 11.8 Å². The van der Waals surface area contributed by atoms with Gasteiger partial charge in [-0.25, -0.2) is 24.0 Å². The van der Waals surface area contributed by atoms with E-state index in [0.29, 0.717) is 87.0 Å². The molecular formula is C89H131N5O32S8. The second-order valence-electron chi connectivity index (χ2n) is 27.8. The summed E-state index contributed by atoms with van der Waals surface area (Å²) >= 11 is 10.2. The maximum atomic E-state index is 11.4. The summed E-state index contributed by atoms with van der Waals surface area (Å²) in [7, 11) is 0. The molecule has 0 bridgehead atoms. The molecule has 0 spiro atoms. The Morgan fingerprint density at radius 2 is 0.672 bits per heavy atom. The van der Waals surface area contributed by atoms with Crippen LogP contribution in [0.2, 0.25) is 0 Å². The summed E-state index contributed by atoms with van der Waals surface area (Å²) in [5.41, 5.74) is -0.0561. The summed E-state index contributed by atoms with van der Waals surface area (Å²) in [6, 6.07) is -0.468. The number of carboxylic acids is 5. The molecule has 3 unspecified atom stereocenters. The van der Waals surface area contributed by atoms with Gasteiger partial charge in [0.25, 0.3) is 0 Å². The van der Waals surface area contributed by atoms with Gasteiger partial charge in [0, 0.05) is 167 Å². The van der Waals surface area contributed by atoms with Gasteiger partial charge in [-0.05, 0) is 88.4 Å². The molecule has 5 amide bonds. The quantitative estimate of drug-likeness (QED) is 0.0200. The number of unbranched alkanes of at least 4 members (excludes halogenated alkanes) is 11. The number of ketones is 3. The molecule has 0 saturated carbocycles. The zero-order valence-corrected chi connectivity index (χ0v) is 84.0. The molecule has 37 nitrogen and oxygen atoms in total. The van der Waals surface area contributed by atoms with Crippen LogP contribution in [0.3, 0.4) is 0 Å². The van der Waals surface area contributed by atoms with Crippen LogP contribution in [0, 0.1) is 11.8 Å². The van der Waals surface area contributed by atoms with Crippen LogP contribution in [-0.4, -0.2) is 240 Å². The molecule has 45 heteroatoms. The third-order valence-corrected chi connectivity index (χ3v) is 23.3. The molecule has 0 aromatic heterocycles. The Morgan fingerprint density at radius 1 is 0.373 bits per heavy atom. The van der Waals surface area contributed by atoms with E-state index in [1.54, 1.807) is 20.8 Å². The number of rotatable bonds is 56. The summed E-state index contributed by atoms with van der Waals surface area (Å²) in [4.78, 5) is 275. The SMILES string of the molecule is C=C(C)C(=O)CCCSC(C)=O.C=C(CC(=O)NC1CCSC1=O)C(=O)O.C=C(CC(=O)NCCC(C)CSC(C)=O)C(=O)O.C=C(CC(=O)NCCCCCCCCSC(C)=O)C(=O)O.C=C(CC(=O)NCCCSC(C)=O)C(=O)O.C=C(CC(=O)NCCSC(C)=O)C(=O)O.C=CC(=O)CC1CCSC1=O.C=CC(=O)CCCCCCCCCSC(C)=O.O=C=O.O=C=O.O=C=O. The van der Waals surface area contributed by atoms with E-state index in [1.165, 1.54) is 148 Å². The predicted molar refractivity (Wildman–Crippen MR) is 520 cm³/mol. The lowest BCUT2D eigenvalue weighted by atomic mass is 10.0. The van der Waals surface area contributed by atoms with Crippen molar-refractivity contribution >= 4 is 230 Å². The molecule has 2 heterocycles. The van der Waals surface area contributed by atoms with Crippen molar-refractivity contribution in [3.05, 3.63) is 98.2 Å². The van der Waals surface area contributed by atoms with Crippen LogP contribution in [0.4, 0.5) is 0 Å². The van der Waals surface area contributed by atoms with E-state index in [1.807, 2.05) is 6.92 Å². The van der Waals surface area contributed by atoms with Crippen molar-refractivity contribution in [3.63, 3.8) is 0 Å². The lowest BCUT2D eigenvalue weighted by molar-refractivity contribution is -0.193. The smallest absolute Gasteiger partial charge is 0.373 e. The Kier molecular flexibility index (Phi) is 105. The fraction of sp³-hybridized carbons (Fsp3) is 0.551. The van der Waals surface area contributed by atoms with Gasteiger partial charge in [-0.2, -0.15) is 28.8 Å². The van der Waals surface area contributed by atoms with Crippen molar-refractivity contribution < 1.29 is 155 Å². The van der Waals surface area contributed by atoms with Crippen LogP contribution in [0.1, 0.15) is 222 Å². The van der Waals surface area contributed by atoms with E-state index in [0.717, 1.165) is 118 Å². The first-order valence-electron chi connectivity index (χ1n) is 41.3. The summed E-state index contributed by atoms with van der Waals surface area (Å²) in [6.07, 6.45) is 22.2. The third-order valence-electron chi connectivity index (χ3n) is 15.7. The zero-order valence-electron chi connectivity index (χ0n) is 77.4. The topological polar surface area (TPSA) is 622 Å². The lowest BCUT2D eigenvalue weighted by Gasteiger charge is -2.10. The van der Waals surface area contributed by atoms with Crippen molar-refractivity contribution in [2.45, 2.75) is 228 Å². The molecule has 2 rings (SSSR count). The van der Waals surface area contributed by atoms with E-state index in [-0.39, 0.29) is 160 Å². The van der Waals surface area contributed by atoms with Gasteiger partial charge in [0.2, 0.25) is 34.7 Å². The highest BCUT2D eigenvalue weighted by molar-refractivity contribution is 8.15. The van der Waals surface area contributed by atoms with Gasteiger partial charge in [-0.15, -0.1) is 0 Å². The fourth-order valence-electron chi connectivity index (χ4n) is 8.86. The Labute approximate surface area is 816 Å². The summed E-state index contributed by atoms with van der Waals surface area (Å²) < 4.78 is 0. The molecule has 2 saturated heterocycles. The molecule has 0 aromatic carbocycles. The molecular weight excluding hydrogens is 1910 g/mol. The second kappa shape index (κ2) is 98.9.